The monoisotopic (exact) mass is 326 g/mol. The van der Waals surface area contributed by atoms with Crippen LogP contribution < -0.4 is 5.01 Å². The van der Waals surface area contributed by atoms with Crippen molar-refractivity contribution >= 4 is 39.8 Å². The number of hydrogen-bond donors (Lipinski definition) is 0. The van der Waals surface area contributed by atoms with Crippen molar-refractivity contribution in [2.75, 3.05) is 12.1 Å². The topological polar surface area (TPSA) is 24.8 Å². The molecule has 0 aromatic heterocycles. The summed E-state index contributed by atoms with van der Waals surface area (Å²) in [6.45, 7) is 0. The zero-order valence-corrected chi connectivity index (χ0v) is 13.6. The van der Waals surface area contributed by atoms with Gasteiger partial charge in [0.25, 0.3) is 5.23 Å². The summed E-state index contributed by atoms with van der Waals surface area (Å²) in [5, 5.41) is 7.84. The van der Waals surface area contributed by atoms with E-state index in [4.69, 9.17) is 17.0 Å². The minimum Gasteiger partial charge on any atom is -0.475 e. The van der Waals surface area contributed by atoms with Crippen LogP contribution in [0.25, 0.3) is 0 Å². The number of nitrogens with zero attached hydrogens (tertiary/aromatic N) is 2. The predicted molar refractivity (Wildman–Crippen MR) is 97.2 cm³/mol. The molecule has 3 rings (SSSR count). The third-order valence-electron chi connectivity index (χ3n) is 3.07. The standard InChI is InChI=1S/C17H14N2OS2/c1-20-17-18-19(14-10-6-3-7-11-14)16(22-17)12-15(21)13-8-4-2-5-9-13/h2-12H,1H3/b16-12-. The van der Waals surface area contributed by atoms with Crippen LogP contribution in [-0.2, 0) is 4.74 Å². The fraction of sp³-hybridized carbons (Fsp3) is 0.0588. The van der Waals surface area contributed by atoms with Crippen LogP contribution in [0.5, 0.6) is 0 Å². The lowest BCUT2D eigenvalue weighted by Gasteiger charge is -2.14. The van der Waals surface area contributed by atoms with Gasteiger partial charge in [-0.25, -0.2) is 5.01 Å². The largest absolute Gasteiger partial charge is 0.475 e. The number of ether oxygens (including phenoxy) is 1. The van der Waals surface area contributed by atoms with Crippen molar-refractivity contribution in [1.29, 1.82) is 0 Å². The molecule has 2 aromatic rings. The fourth-order valence-electron chi connectivity index (χ4n) is 2.01. The van der Waals surface area contributed by atoms with Crippen molar-refractivity contribution < 1.29 is 4.74 Å². The van der Waals surface area contributed by atoms with E-state index in [9.17, 15) is 0 Å². The first-order chi connectivity index (χ1) is 10.8. The number of thiocarbonyl (C=S) groups is 1. The average Bonchev–Trinajstić information content (AvgIpc) is 2.99. The summed E-state index contributed by atoms with van der Waals surface area (Å²) in [7, 11) is 1.62. The molecule has 2 aromatic carbocycles. The maximum atomic E-state index is 5.53. The second-order valence-electron chi connectivity index (χ2n) is 4.53. The van der Waals surface area contributed by atoms with Crippen molar-refractivity contribution in [2.24, 2.45) is 5.10 Å². The molecule has 0 atom stereocenters. The number of benzene rings is 2. The summed E-state index contributed by atoms with van der Waals surface area (Å²) < 4.78 is 5.27. The van der Waals surface area contributed by atoms with Gasteiger partial charge in [0.1, 0.15) is 5.03 Å². The van der Waals surface area contributed by atoms with Crippen LogP contribution in [0.1, 0.15) is 5.56 Å². The predicted octanol–water partition coefficient (Wildman–Crippen LogP) is 4.42. The van der Waals surface area contributed by atoms with E-state index in [2.05, 4.69) is 5.10 Å². The van der Waals surface area contributed by atoms with Crippen LogP contribution in [0, 0.1) is 0 Å². The summed E-state index contributed by atoms with van der Waals surface area (Å²) in [6, 6.07) is 19.9. The van der Waals surface area contributed by atoms with Crippen LogP contribution in [0.15, 0.2) is 76.9 Å². The van der Waals surface area contributed by atoms with E-state index < -0.39 is 0 Å². The van der Waals surface area contributed by atoms with Crippen molar-refractivity contribution in [3.63, 3.8) is 0 Å². The number of methoxy groups -OCH3 is 1. The number of para-hydroxylation sites is 1. The number of rotatable bonds is 3. The first-order valence-electron chi connectivity index (χ1n) is 6.74. The van der Waals surface area contributed by atoms with Gasteiger partial charge in [0.2, 0.25) is 0 Å². The normalized spacial score (nSPS) is 15.8. The molecule has 0 fully saturated rings. The molecule has 22 heavy (non-hydrogen) atoms. The molecular formula is C17H14N2OS2. The summed E-state index contributed by atoms with van der Waals surface area (Å²) in [6.07, 6.45) is 1.96. The van der Waals surface area contributed by atoms with Gasteiger partial charge in [0.05, 0.1) is 12.8 Å². The number of hydrogen-bond acceptors (Lipinski definition) is 5. The maximum Gasteiger partial charge on any atom is 0.274 e. The molecule has 0 amide bonds. The molecule has 5 heteroatoms. The molecule has 1 aliphatic rings. The van der Waals surface area contributed by atoms with Crippen LogP contribution in [0.4, 0.5) is 5.69 Å². The Balaban J connectivity index is 1.92. The Morgan fingerprint density at radius 2 is 1.73 bits per heavy atom. The smallest absolute Gasteiger partial charge is 0.274 e. The number of anilines is 1. The molecule has 1 aliphatic heterocycles. The van der Waals surface area contributed by atoms with Crippen LogP contribution in [-0.4, -0.2) is 17.2 Å². The molecule has 110 valence electrons. The van der Waals surface area contributed by atoms with E-state index in [1.54, 1.807) is 7.11 Å². The summed E-state index contributed by atoms with van der Waals surface area (Å²) in [5.41, 5.74) is 1.99. The van der Waals surface area contributed by atoms with Crippen molar-refractivity contribution in [2.45, 2.75) is 0 Å². The van der Waals surface area contributed by atoms with Crippen LogP contribution >= 0.6 is 24.0 Å². The number of thioether (sulfide) groups is 1. The van der Waals surface area contributed by atoms with Gasteiger partial charge in [0, 0.05) is 4.86 Å². The van der Waals surface area contributed by atoms with E-state index in [1.165, 1.54) is 11.8 Å². The SMILES string of the molecule is COC1=NN(c2ccccc2)/C(=C/C(=S)c2ccccc2)S1. The number of hydrazone groups is 1. The molecule has 1 heterocycles. The minimum absolute atomic E-state index is 0.603. The van der Waals surface area contributed by atoms with Gasteiger partial charge in [-0.2, -0.15) is 0 Å². The Hall–Kier alpha value is -2.11. The van der Waals surface area contributed by atoms with E-state index in [1.807, 2.05) is 71.7 Å². The quantitative estimate of drug-likeness (QED) is 0.474. The van der Waals surface area contributed by atoms with Gasteiger partial charge in [-0.1, -0.05) is 60.7 Å². The molecule has 0 saturated heterocycles. The second kappa shape index (κ2) is 6.77. The van der Waals surface area contributed by atoms with Crippen molar-refractivity contribution in [3.8, 4) is 0 Å². The zero-order valence-electron chi connectivity index (χ0n) is 12.0. The van der Waals surface area contributed by atoms with E-state index >= 15 is 0 Å². The van der Waals surface area contributed by atoms with Gasteiger partial charge in [-0.15, -0.1) is 5.10 Å². The Kier molecular flexibility index (Phi) is 4.56. The first kappa shape index (κ1) is 14.8. The third-order valence-corrected chi connectivity index (χ3v) is 4.35. The molecule has 0 radical (unpaired) electrons. The Labute approximate surface area is 139 Å². The molecule has 0 spiro atoms. The van der Waals surface area contributed by atoms with Crippen LogP contribution in [0.3, 0.4) is 0 Å². The summed E-state index contributed by atoms with van der Waals surface area (Å²) in [5.74, 6) is 0. The first-order valence-corrected chi connectivity index (χ1v) is 7.97. The summed E-state index contributed by atoms with van der Waals surface area (Å²) >= 11 is 6.99. The van der Waals surface area contributed by atoms with E-state index in [0.717, 1.165) is 21.1 Å². The maximum absolute atomic E-state index is 5.53. The molecule has 0 aliphatic carbocycles. The van der Waals surface area contributed by atoms with Crippen LogP contribution in [0.2, 0.25) is 0 Å². The van der Waals surface area contributed by atoms with Crippen molar-refractivity contribution in [1.82, 2.24) is 0 Å². The molecular weight excluding hydrogens is 312 g/mol. The lowest BCUT2D eigenvalue weighted by molar-refractivity contribution is 0.415. The Morgan fingerprint density at radius 3 is 2.36 bits per heavy atom. The number of allylic oxidation sites excluding steroid dienone is 1. The van der Waals surface area contributed by atoms with Gasteiger partial charge in [-0.05, 0) is 35.5 Å². The highest BCUT2D eigenvalue weighted by Crippen LogP contribution is 2.34. The van der Waals surface area contributed by atoms with Gasteiger partial charge in [0.15, 0.2) is 0 Å². The van der Waals surface area contributed by atoms with Gasteiger partial charge in [-0.3, -0.25) is 0 Å². The highest BCUT2D eigenvalue weighted by Gasteiger charge is 2.24. The molecule has 0 saturated carbocycles. The second-order valence-corrected chi connectivity index (χ2v) is 5.94. The zero-order chi connectivity index (χ0) is 15.4. The van der Waals surface area contributed by atoms with E-state index in [-0.39, 0.29) is 0 Å². The van der Waals surface area contributed by atoms with Crippen molar-refractivity contribution in [3.05, 3.63) is 77.3 Å². The van der Waals surface area contributed by atoms with E-state index in [0.29, 0.717) is 5.23 Å². The Morgan fingerprint density at radius 1 is 1.09 bits per heavy atom. The van der Waals surface area contributed by atoms with Gasteiger partial charge >= 0.3 is 0 Å². The minimum atomic E-state index is 0.603. The fourth-order valence-corrected chi connectivity index (χ4v) is 3.13. The third kappa shape index (κ3) is 3.21. The van der Waals surface area contributed by atoms with Gasteiger partial charge < -0.3 is 4.74 Å². The highest BCUT2D eigenvalue weighted by molar-refractivity contribution is 8.17. The average molecular weight is 326 g/mol. The molecule has 0 bridgehead atoms. The Bertz CT molecular complexity index is 727. The lowest BCUT2D eigenvalue weighted by Crippen LogP contribution is -2.10. The lowest BCUT2D eigenvalue weighted by atomic mass is 10.1. The molecule has 0 N–H and O–H groups in total. The summed E-state index contributed by atoms with van der Waals surface area (Å²) in [4.78, 5) is 0.775. The highest BCUT2D eigenvalue weighted by atomic mass is 32.2. The molecule has 0 unspecified atom stereocenters. The molecule has 3 nitrogen and oxygen atoms in total.